The van der Waals surface area contributed by atoms with E-state index in [9.17, 15) is 9.18 Å². The molecule has 4 heteroatoms. The molecular formula is C13H12FNO2. The van der Waals surface area contributed by atoms with Crippen LogP contribution >= 0.6 is 0 Å². The molecule has 1 aromatic carbocycles. The van der Waals surface area contributed by atoms with Crippen LogP contribution in [0.25, 0.3) is 0 Å². The molecule has 0 spiro atoms. The highest BCUT2D eigenvalue weighted by Crippen LogP contribution is 2.11. The molecule has 0 atom stereocenters. The maximum absolute atomic E-state index is 13.0. The predicted molar refractivity (Wildman–Crippen MR) is 61.3 cm³/mol. The molecular weight excluding hydrogens is 221 g/mol. The van der Waals surface area contributed by atoms with Crippen molar-refractivity contribution in [2.75, 3.05) is 7.11 Å². The highest BCUT2D eigenvalue weighted by Gasteiger charge is 2.08. The average molecular weight is 233 g/mol. The third-order valence-electron chi connectivity index (χ3n) is 2.44. The van der Waals surface area contributed by atoms with E-state index >= 15 is 0 Å². The first-order valence-electron chi connectivity index (χ1n) is 5.19. The van der Waals surface area contributed by atoms with Crippen LogP contribution in [0.4, 0.5) is 4.39 Å². The summed E-state index contributed by atoms with van der Waals surface area (Å²) in [6.07, 6.45) is 0.550. The van der Waals surface area contributed by atoms with Gasteiger partial charge in [0.25, 0.3) is 0 Å². The van der Waals surface area contributed by atoms with Crippen molar-refractivity contribution in [1.29, 1.82) is 0 Å². The summed E-state index contributed by atoms with van der Waals surface area (Å²) in [5.41, 5.74) is 2.10. The molecule has 1 heterocycles. The van der Waals surface area contributed by atoms with Gasteiger partial charge in [-0.2, -0.15) is 0 Å². The normalized spacial score (nSPS) is 10.2. The Bertz CT molecular complexity index is 534. The summed E-state index contributed by atoms with van der Waals surface area (Å²) >= 11 is 0. The second kappa shape index (κ2) is 4.82. The van der Waals surface area contributed by atoms with Gasteiger partial charge in [-0.15, -0.1) is 0 Å². The Kier molecular flexibility index (Phi) is 3.23. The van der Waals surface area contributed by atoms with E-state index in [1.165, 1.54) is 19.2 Å². The van der Waals surface area contributed by atoms with Gasteiger partial charge in [0.1, 0.15) is 11.5 Å². The zero-order valence-electron chi connectivity index (χ0n) is 9.37. The van der Waals surface area contributed by atoms with Gasteiger partial charge >= 0.3 is 5.97 Å². The van der Waals surface area contributed by atoms with Crippen molar-refractivity contribution < 1.29 is 13.9 Å². The van der Waals surface area contributed by atoms with Crippen molar-refractivity contribution in [2.24, 2.45) is 0 Å². The Hall–Kier alpha value is -2.10. The fraction of sp³-hybridized carbons (Fsp3) is 0.154. The number of ether oxygens (including phenoxy) is 1. The molecule has 88 valence electrons. The van der Waals surface area contributed by atoms with Crippen LogP contribution in [0.15, 0.2) is 36.4 Å². The number of carbonyl (C=O) groups excluding carboxylic acids is 1. The summed E-state index contributed by atoms with van der Waals surface area (Å²) in [6, 6.07) is 9.81. The molecule has 2 aromatic rings. The fourth-order valence-electron chi connectivity index (χ4n) is 1.64. The second-order valence-corrected chi connectivity index (χ2v) is 3.70. The van der Waals surface area contributed by atoms with Crippen LogP contribution in [0, 0.1) is 5.82 Å². The summed E-state index contributed by atoms with van der Waals surface area (Å²) in [5.74, 6) is -0.669. The molecule has 0 saturated heterocycles. The Morgan fingerprint density at radius 3 is 2.88 bits per heavy atom. The highest BCUT2D eigenvalue weighted by molar-refractivity contribution is 5.87. The van der Waals surface area contributed by atoms with E-state index in [1.54, 1.807) is 18.2 Å². The molecule has 0 aliphatic carbocycles. The first-order valence-corrected chi connectivity index (χ1v) is 5.19. The molecule has 0 saturated carbocycles. The quantitative estimate of drug-likeness (QED) is 0.828. The van der Waals surface area contributed by atoms with E-state index in [4.69, 9.17) is 0 Å². The number of carbonyl (C=O) groups is 1. The number of aromatic amines is 1. The lowest BCUT2D eigenvalue weighted by Crippen LogP contribution is -2.01. The van der Waals surface area contributed by atoms with Gasteiger partial charge in [-0.1, -0.05) is 12.1 Å². The van der Waals surface area contributed by atoms with Crippen LogP contribution in [0.1, 0.15) is 21.7 Å². The number of H-pyrrole nitrogens is 1. The monoisotopic (exact) mass is 233 g/mol. The number of benzene rings is 1. The van der Waals surface area contributed by atoms with Gasteiger partial charge in [0, 0.05) is 12.1 Å². The van der Waals surface area contributed by atoms with Crippen LogP contribution in [-0.4, -0.2) is 18.1 Å². The Labute approximate surface area is 98.2 Å². The average Bonchev–Trinajstić information content (AvgIpc) is 2.76. The van der Waals surface area contributed by atoms with Crippen molar-refractivity contribution in [3.63, 3.8) is 0 Å². The molecule has 3 nitrogen and oxygen atoms in total. The fourth-order valence-corrected chi connectivity index (χ4v) is 1.64. The lowest BCUT2D eigenvalue weighted by Gasteiger charge is -1.99. The Morgan fingerprint density at radius 2 is 2.18 bits per heavy atom. The Balaban J connectivity index is 2.14. The number of nitrogens with one attached hydrogen (secondary N) is 1. The summed E-state index contributed by atoms with van der Waals surface area (Å²) in [6.45, 7) is 0. The van der Waals surface area contributed by atoms with Gasteiger partial charge < -0.3 is 9.72 Å². The first kappa shape index (κ1) is 11.4. The molecule has 0 fully saturated rings. The third-order valence-corrected chi connectivity index (χ3v) is 2.44. The van der Waals surface area contributed by atoms with E-state index in [0.717, 1.165) is 11.3 Å². The number of rotatable bonds is 3. The minimum absolute atomic E-state index is 0.262. The van der Waals surface area contributed by atoms with Gasteiger partial charge in [-0.25, -0.2) is 9.18 Å². The van der Waals surface area contributed by atoms with E-state index < -0.39 is 5.97 Å². The number of aromatic nitrogens is 1. The maximum atomic E-state index is 13.0. The lowest BCUT2D eigenvalue weighted by atomic mass is 10.1. The summed E-state index contributed by atoms with van der Waals surface area (Å²) in [7, 11) is 1.33. The molecule has 0 amide bonds. The van der Waals surface area contributed by atoms with E-state index in [2.05, 4.69) is 9.72 Å². The number of esters is 1. The molecule has 17 heavy (non-hydrogen) atoms. The molecule has 0 unspecified atom stereocenters. The number of halogens is 1. The van der Waals surface area contributed by atoms with E-state index in [-0.39, 0.29) is 5.82 Å². The van der Waals surface area contributed by atoms with Crippen molar-refractivity contribution in [3.8, 4) is 0 Å². The molecule has 0 bridgehead atoms. The highest BCUT2D eigenvalue weighted by atomic mass is 19.1. The van der Waals surface area contributed by atoms with Gasteiger partial charge in [0.15, 0.2) is 0 Å². The van der Waals surface area contributed by atoms with Gasteiger partial charge in [-0.05, 0) is 29.8 Å². The number of hydrogen-bond donors (Lipinski definition) is 1. The van der Waals surface area contributed by atoms with Crippen molar-refractivity contribution in [3.05, 3.63) is 59.2 Å². The third kappa shape index (κ3) is 2.72. The van der Waals surface area contributed by atoms with E-state index in [0.29, 0.717) is 12.1 Å². The molecule has 1 N–H and O–H groups in total. The predicted octanol–water partition coefficient (Wildman–Crippen LogP) is 2.53. The smallest absolute Gasteiger partial charge is 0.354 e. The van der Waals surface area contributed by atoms with Crippen LogP contribution in [0.5, 0.6) is 0 Å². The minimum Gasteiger partial charge on any atom is -0.464 e. The zero-order chi connectivity index (χ0) is 12.3. The van der Waals surface area contributed by atoms with Crippen molar-refractivity contribution >= 4 is 5.97 Å². The van der Waals surface area contributed by atoms with Gasteiger partial charge in [0.2, 0.25) is 0 Å². The molecule has 2 rings (SSSR count). The van der Waals surface area contributed by atoms with Crippen LogP contribution < -0.4 is 0 Å². The minimum atomic E-state index is -0.407. The molecule has 0 aliphatic rings. The maximum Gasteiger partial charge on any atom is 0.354 e. The SMILES string of the molecule is COC(=O)c1ccc(Cc2cccc(F)c2)[nH]1. The zero-order valence-corrected chi connectivity index (χ0v) is 9.37. The summed E-state index contributed by atoms with van der Waals surface area (Å²) < 4.78 is 17.6. The van der Waals surface area contributed by atoms with Gasteiger partial charge in [0.05, 0.1) is 7.11 Å². The topological polar surface area (TPSA) is 42.1 Å². The van der Waals surface area contributed by atoms with Crippen LogP contribution in [0.2, 0.25) is 0 Å². The number of hydrogen-bond acceptors (Lipinski definition) is 2. The molecule has 1 aromatic heterocycles. The van der Waals surface area contributed by atoms with Gasteiger partial charge in [-0.3, -0.25) is 0 Å². The first-order chi connectivity index (χ1) is 8.19. The van der Waals surface area contributed by atoms with Crippen LogP contribution in [-0.2, 0) is 11.2 Å². The van der Waals surface area contributed by atoms with E-state index in [1.807, 2.05) is 6.07 Å². The summed E-state index contributed by atoms with van der Waals surface area (Å²) in [4.78, 5) is 14.2. The molecule has 0 aliphatic heterocycles. The van der Waals surface area contributed by atoms with Crippen molar-refractivity contribution in [2.45, 2.75) is 6.42 Å². The number of methoxy groups -OCH3 is 1. The Morgan fingerprint density at radius 1 is 1.35 bits per heavy atom. The largest absolute Gasteiger partial charge is 0.464 e. The second-order valence-electron chi connectivity index (χ2n) is 3.70. The van der Waals surface area contributed by atoms with Crippen LogP contribution in [0.3, 0.4) is 0 Å². The summed E-state index contributed by atoms with van der Waals surface area (Å²) in [5, 5.41) is 0. The molecule has 0 radical (unpaired) electrons. The standard InChI is InChI=1S/C13H12FNO2/c1-17-13(16)12-6-5-11(15-12)8-9-3-2-4-10(14)7-9/h2-7,15H,8H2,1H3. The lowest BCUT2D eigenvalue weighted by molar-refractivity contribution is 0.0594. The van der Waals surface area contributed by atoms with Crippen molar-refractivity contribution in [1.82, 2.24) is 4.98 Å².